The van der Waals surface area contributed by atoms with E-state index in [0.717, 1.165) is 0 Å². The van der Waals surface area contributed by atoms with E-state index in [0.29, 0.717) is 11.4 Å². The Bertz CT molecular complexity index is 778. The predicted molar refractivity (Wildman–Crippen MR) is 83.0 cm³/mol. The molecule has 2 atom stereocenters. The van der Waals surface area contributed by atoms with Gasteiger partial charge in [0.2, 0.25) is 6.10 Å². The number of methoxy groups -OCH3 is 1. The van der Waals surface area contributed by atoms with Crippen molar-refractivity contribution in [3.8, 4) is 5.75 Å². The molecule has 0 spiro atoms. The molecule has 0 bridgehead atoms. The molecule has 0 aliphatic carbocycles. The number of pyridine rings is 1. The van der Waals surface area contributed by atoms with Crippen molar-refractivity contribution in [1.29, 1.82) is 0 Å². The number of β-lactam (4-membered cyclic amide) rings is 1. The highest BCUT2D eigenvalue weighted by Gasteiger charge is 2.53. The number of ether oxygens (including phenoxy) is 2. The minimum absolute atomic E-state index is 0.0548. The van der Waals surface area contributed by atoms with Crippen LogP contribution >= 0.6 is 0 Å². The van der Waals surface area contributed by atoms with Crippen LogP contribution in [-0.2, 0) is 14.3 Å². The van der Waals surface area contributed by atoms with Gasteiger partial charge in [-0.25, -0.2) is 4.39 Å². The number of rotatable bonds is 4. The van der Waals surface area contributed by atoms with Crippen LogP contribution in [0.4, 0.5) is 10.1 Å². The third-order valence-electron chi connectivity index (χ3n) is 3.76. The van der Waals surface area contributed by atoms with Crippen molar-refractivity contribution < 1.29 is 23.5 Å². The summed E-state index contributed by atoms with van der Waals surface area (Å²) in [5, 5.41) is 0. The van der Waals surface area contributed by atoms with Crippen LogP contribution in [0, 0.1) is 5.82 Å². The number of halogens is 1. The lowest BCUT2D eigenvalue weighted by atomic mass is 9.92. The molecule has 3 rings (SSSR count). The van der Waals surface area contributed by atoms with E-state index in [1.165, 1.54) is 37.3 Å². The van der Waals surface area contributed by atoms with Gasteiger partial charge in [-0.1, -0.05) is 0 Å². The van der Waals surface area contributed by atoms with Crippen molar-refractivity contribution in [2.45, 2.75) is 19.1 Å². The van der Waals surface area contributed by atoms with Gasteiger partial charge in [0, 0.05) is 18.8 Å². The maximum atomic E-state index is 14.1. The van der Waals surface area contributed by atoms with Crippen LogP contribution < -0.4 is 9.64 Å². The molecule has 1 aromatic carbocycles. The second kappa shape index (κ2) is 6.27. The second-order valence-electron chi connectivity index (χ2n) is 5.25. The number of anilines is 1. The van der Waals surface area contributed by atoms with Crippen LogP contribution in [0.15, 0.2) is 42.6 Å². The summed E-state index contributed by atoms with van der Waals surface area (Å²) in [5.74, 6) is -0.969. The molecule has 1 aromatic heterocycles. The molecule has 2 aromatic rings. The summed E-state index contributed by atoms with van der Waals surface area (Å²) in [7, 11) is 1.53. The lowest BCUT2D eigenvalue weighted by Crippen LogP contribution is -2.61. The van der Waals surface area contributed by atoms with Crippen molar-refractivity contribution in [1.82, 2.24) is 4.98 Å². The standard InChI is InChI=1S/C17H15FN2O4/c1-10(21)24-16-15(14-13(18)4-3-9-19-14)20(17(16)22)11-5-7-12(23-2)8-6-11/h3-9,15-16H,1-2H3. The molecule has 7 heteroatoms. The minimum Gasteiger partial charge on any atom is -0.497 e. The van der Waals surface area contributed by atoms with Crippen molar-refractivity contribution in [2.75, 3.05) is 12.0 Å². The van der Waals surface area contributed by atoms with Crippen LogP contribution in [0.2, 0.25) is 0 Å². The van der Waals surface area contributed by atoms with E-state index >= 15 is 0 Å². The van der Waals surface area contributed by atoms with Crippen molar-refractivity contribution in [3.05, 3.63) is 54.1 Å². The number of carbonyl (C=O) groups excluding carboxylic acids is 2. The number of benzene rings is 1. The van der Waals surface area contributed by atoms with E-state index in [1.807, 2.05) is 0 Å². The fourth-order valence-corrected chi connectivity index (χ4v) is 2.67. The first-order valence-corrected chi connectivity index (χ1v) is 7.27. The van der Waals surface area contributed by atoms with E-state index in [-0.39, 0.29) is 5.69 Å². The molecule has 2 heterocycles. The molecular formula is C17H15FN2O4. The molecule has 0 radical (unpaired) electrons. The van der Waals surface area contributed by atoms with E-state index in [1.54, 1.807) is 24.3 Å². The normalized spacial score (nSPS) is 19.6. The first-order valence-electron chi connectivity index (χ1n) is 7.27. The Morgan fingerprint density at radius 2 is 1.96 bits per heavy atom. The van der Waals surface area contributed by atoms with Gasteiger partial charge in [0.15, 0.2) is 0 Å². The molecule has 1 aliphatic heterocycles. The minimum atomic E-state index is -1.09. The van der Waals surface area contributed by atoms with Crippen LogP contribution in [0.25, 0.3) is 0 Å². The van der Waals surface area contributed by atoms with Gasteiger partial charge < -0.3 is 9.47 Å². The highest BCUT2D eigenvalue weighted by molar-refractivity contribution is 6.05. The van der Waals surface area contributed by atoms with Crippen LogP contribution in [0.1, 0.15) is 18.7 Å². The van der Waals surface area contributed by atoms with Gasteiger partial charge in [-0.15, -0.1) is 0 Å². The topological polar surface area (TPSA) is 68.7 Å². The Morgan fingerprint density at radius 3 is 2.54 bits per heavy atom. The average Bonchev–Trinajstić information content (AvgIpc) is 2.58. The summed E-state index contributed by atoms with van der Waals surface area (Å²) >= 11 is 0. The zero-order valence-electron chi connectivity index (χ0n) is 13.1. The highest BCUT2D eigenvalue weighted by Crippen LogP contribution is 2.41. The van der Waals surface area contributed by atoms with Gasteiger partial charge in [-0.05, 0) is 36.4 Å². The second-order valence-corrected chi connectivity index (χ2v) is 5.25. The Labute approximate surface area is 137 Å². The molecule has 0 N–H and O–H groups in total. The Hall–Kier alpha value is -2.96. The number of carbonyl (C=O) groups is 2. The fraction of sp³-hybridized carbons (Fsp3) is 0.235. The van der Waals surface area contributed by atoms with E-state index in [4.69, 9.17) is 9.47 Å². The largest absolute Gasteiger partial charge is 0.497 e. The first-order chi connectivity index (χ1) is 11.5. The maximum absolute atomic E-state index is 14.1. The van der Waals surface area contributed by atoms with Gasteiger partial charge in [0.05, 0.1) is 7.11 Å². The number of aromatic nitrogens is 1. The third-order valence-corrected chi connectivity index (χ3v) is 3.76. The number of amides is 1. The van der Waals surface area contributed by atoms with Crippen LogP contribution in [0.5, 0.6) is 5.75 Å². The number of esters is 1. The SMILES string of the molecule is COc1ccc(N2C(=O)C(OC(C)=O)C2c2ncccc2F)cc1. The van der Waals surface area contributed by atoms with E-state index in [9.17, 15) is 14.0 Å². The summed E-state index contributed by atoms with van der Waals surface area (Å²) in [6, 6.07) is 8.63. The van der Waals surface area contributed by atoms with Crippen molar-refractivity contribution >= 4 is 17.6 Å². The summed E-state index contributed by atoms with van der Waals surface area (Å²) in [6.07, 6.45) is 0.340. The zero-order chi connectivity index (χ0) is 17.3. The molecule has 124 valence electrons. The maximum Gasteiger partial charge on any atom is 0.303 e. The van der Waals surface area contributed by atoms with E-state index < -0.39 is 29.8 Å². The summed E-state index contributed by atoms with van der Waals surface area (Å²) in [4.78, 5) is 29.0. The predicted octanol–water partition coefficient (Wildman–Crippen LogP) is 2.25. The Balaban J connectivity index is 1.99. The molecule has 1 fully saturated rings. The molecule has 2 unspecified atom stereocenters. The molecule has 1 aliphatic rings. The molecule has 6 nitrogen and oxygen atoms in total. The van der Waals surface area contributed by atoms with Crippen molar-refractivity contribution in [3.63, 3.8) is 0 Å². The van der Waals surface area contributed by atoms with Gasteiger partial charge in [0.1, 0.15) is 23.3 Å². The number of nitrogens with zero attached hydrogens (tertiary/aromatic N) is 2. The van der Waals surface area contributed by atoms with Gasteiger partial charge in [0.25, 0.3) is 5.91 Å². The fourth-order valence-electron chi connectivity index (χ4n) is 2.67. The number of hydrogen-bond acceptors (Lipinski definition) is 5. The molecule has 24 heavy (non-hydrogen) atoms. The van der Waals surface area contributed by atoms with Gasteiger partial charge in [-0.2, -0.15) is 0 Å². The molecule has 1 saturated heterocycles. The summed E-state index contributed by atoms with van der Waals surface area (Å²) < 4.78 is 24.3. The third kappa shape index (κ3) is 2.68. The lowest BCUT2D eigenvalue weighted by Gasteiger charge is -2.45. The van der Waals surface area contributed by atoms with Gasteiger partial charge >= 0.3 is 5.97 Å². The smallest absolute Gasteiger partial charge is 0.303 e. The Morgan fingerprint density at radius 1 is 1.25 bits per heavy atom. The van der Waals surface area contributed by atoms with Crippen LogP contribution in [-0.4, -0.2) is 30.1 Å². The summed E-state index contributed by atoms with van der Waals surface area (Å²) in [5.41, 5.74) is 0.596. The molecule has 1 amide bonds. The highest BCUT2D eigenvalue weighted by atomic mass is 19.1. The van der Waals surface area contributed by atoms with Crippen LogP contribution in [0.3, 0.4) is 0 Å². The quantitative estimate of drug-likeness (QED) is 0.635. The van der Waals surface area contributed by atoms with E-state index in [2.05, 4.69) is 4.98 Å². The first kappa shape index (κ1) is 15.9. The molecule has 0 saturated carbocycles. The molecular weight excluding hydrogens is 315 g/mol. The zero-order valence-corrected chi connectivity index (χ0v) is 13.1. The van der Waals surface area contributed by atoms with Crippen molar-refractivity contribution in [2.24, 2.45) is 0 Å². The van der Waals surface area contributed by atoms with Gasteiger partial charge in [-0.3, -0.25) is 19.5 Å². The summed E-state index contributed by atoms with van der Waals surface area (Å²) in [6.45, 7) is 1.20. The average molecular weight is 330 g/mol. The monoisotopic (exact) mass is 330 g/mol. The Kier molecular flexibility index (Phi) is 4.16. The lowest BCUT2D eigenvalue weighted by molar-refractivity contribution is -0.161. The number of hydrogen-bond donors (Lipinski definition) is 0.